The van der Waals surface area contributed by atoms with Crippen molar-refractivity contribution in [3.8, 4) is 11.5 Å². The number of imide groups is 1. The Kier molecular flexibility index (Phi) is 11.2. The number of fused-ring (bicyclic) bond motifs is 1. The zero-order chi connectivity index (χ0) is 38.3. The van der Waals surface area contributed by atoms with Crippen LogP contribution in [-0.2, 0) is 22.6 Å². The lowest BCUT2D eigenvalue weighted by atomic mass is 9.57. The molecule has 15 heteroatoms. The molecule has 1 aliphatic heterocycles. The third kappa shape index (κ3) is 7.53. The molecule has 1 spiro atoms. The van der Waals surface area contributed by atoms with Crippen molar-refractivity contribution >= 4 is 47.6 Å². The average Bonchev–Trinajstić information content (AvgIpc) is 3.60. The molecular weight excluding hydrogens is 713 g/mol. The summed E-state index contributed by atoms with van der Waals surface area (Å²) in [6, 6.07) is 6.04. The van der Waals surface area contributed by atoms with Gasteiger partial charge < -0.3 is 24.4 Å². The second-order valence-corrected chi connectivity index (χ2v) is 23.2. The first kappa shape index (κ1) is 39.0. The van der Waals surface area contributed by atoms with Crippen molar-refractivity contribution in [2.75, 3.05) is 32.9 Å². The maximum absolute atomic E-state index is 14.3. The number of nitrogens with zero attached hydrogens (tertiary/aromatic N) is 5. The standard InChI is InChI=1S/C38H56N6O7SSi/c1-9-10-17-41-31-30(32(52-40-31)39-23-25-11-12-28(49-4)20-29(25)50-5)33(45)43(35(41)47)26-13-15-38(16-14-26)21-27(22-38)44-36(48)42(34(46)37(44,2)3)24-51-18-19-53(6,7)8/h11-12,20,26-27,39H,9-10,13-19,21-24H2,1-8H3. The maximum atomic E-state index is 14.3. The Morgan fingerprint density at radius 2 is 1.74 bits per heavy atom. The van der Waals surface area contributed by atoms with Crippen LogP contribution in [0.5, 0.6) is 11.5 Å². The maximum Gasteiger partial charge on any atom is 0.332 e. The van der Waals surface area contributed by atoms with Gasteiger partial charge in [0, 0.05) is 51.5 Å². The SMILES string of the molecule is CCCCn1c(=O)n(C2CCC3(CC2)CC(N2C(=O)N(COCC[Si](C)(C)C)C(=O)C2(C)C)C3)c(=O)c2c(NCc3ccc(OC)cc3OC)snc21. The van der Waals surface area contributed by atoms with E-state index >= 15 is 0 Å². The van der Waals surface area contributed by atoms with Gasteiger partial charge in [0.1, 0.15) is 34.2 Å². The predicted molar refractivity (Wildman–Crippen MR) is 210 cm³/mol. The topological polar surface area (TPSA) is 137 Å². The number of urea groups is 1. The van der Waals surface area contributed by atoms with Gasteiger partial charge in [-0.05, 0) is 93.9 Å². The Labute approximate surface area is 316 Å². The van der Waals surface area contributed by atoms with Crippen LogP contribution in [0.2, 0.25) is 25.7 Å². The van der Waals surface area contributed by atoms with Crippen LogP contribution in [0, 0.1) is 5.41 Å². The van der Waals surface area contributed by atoms with E-state index in [-0.39, 0.29) is 47.4 Å². The minimum Gasteiger partial charge on any atom is -0.497 e. The number of amides is 3. The molecule has 0 atom stereocenters. The van der Waals surface area contributed by atoms with E-state index < -0.39 is 13.6 Å². The van der Waals surface area contributed by atoms with E-state index in [9.17, 15) is 19.2 Å². The van der Waals surface area contributed by atoms with Gasteiger partial charge in [0.2, 0.25) is 0 Å². The number of unbranched alkanes of at least 4 members (excludes halogenated alkanes) is 1. The third-order valence-electron chi connectivity index (χ3n) is 11.6. The van der Waals surface area contributed by atoms with E-state index in [1.807, 2.05) is 32.0 Å². The number of carbonyl (C=O) groups excluding carboxylic acids is 2. The van der Waals surface area contributed by atoms with Gasteiger partial charge in [0.05, 0.1) is 14.2 Å². The molecular formula is C38H56N6O7SSi. The Balaban J connectivity index is 1.17. The third-order valence-corrected chi connectivity index (χ3v) is 14.1. The summed E-state index contributed by atoms with van der Waals surface area (Å²) in [6.45, 7) is 14.0. The molecule has 0 radical (unpaired) electrons. The molecule has 290 valence electrons. The number of benzene rings is 1. The number of nitrogens with one attached hydrogen (secondary N) is 1. The molecule has 3 aliphatic rings. The molecule has 0 unspecified atom stereocenters. The van der Waals surface area contributed by atoms with Gasteiger partial charge in [-0.15, -0.1) is 0 Å². The molecule has 2 saturated carbocycles. The van der Waals surface area contributed by atoms with Crippen LogP contribution in [-0.4, -0.2) is 82.5 Å². The summed E-state index contributed by atoms with van der Waals surface area (Å²) in [5.74, 6) is 1.14. The van der Waals surface area contributed by atoms with E-state index in [2.05, 4.69) is 36.3 Å². The van der Waals surface area contributed by atoms with Crippen molar-refractivity contribution in [3.63, 3.8) is 0 Å². The first-order valence-electron chi connectivity index (χ1n) is 19.0. The molecule has 1 N–H and O–H groups in total. The highest BCUT2D eigenvalue weighted by atomic mass is 32.1. The largest absolute Gasteiger partial charge is 0.497 e. The highest BCUT2D eigenvalue weighted by Crippen LogP contribution is 2.56. The summed E-state index contributed by atoms with van der Waals surface area (Å²) in [5, 5.41) is 4.47. The van der Waals surface area contributed by atoms with E-state index in [1.165, 1.54) is 21.0 Å². The molecule has 3 aromatic rings. The number of aryl methyl sites for hydroxylation is 1. The van der Waals surface area contributed by atoms with Gasteiger partial charge in [0.25, 0.3) is 11.5 Å². The van der Waals surface area contributed by atoms with Gasteiger partial charge in [-0.3, -0.25) is 18.7 Å². The van der Waals surface area contributed by atoms with Crippen LogP contribution in [0.1, 0.15) is 83.7 Å². The molecule has 6 rings (SSSR count). The number of rotatable bonds is 15. The van der Waals surface area contributed by atoms with Crippen molar-refractivity contribution in [2.45, 2.75) is 129 Å². The minimum absolute atomic E-state index is 0.0109. The first-order valence-corrected chi connectivity index (χ1v) is 23.5. The van der Waals surface area contributed by atoms with Crippen molar-refractivity contribution in [3.05, 3.63) is 44.6 Å². The second kappa shape index (κ2) is 15.2. The van der Waals surface area contributed by atoms with Gasteiger partial charge in [-0.2, -0.15) is 4.37 Å². The normalized spacial score (nSPS) is 22.9. The van der Waals surface area contributed by atoms with E-state index in [1.54, 1.807) is 23.7 Å². The lowest BCUT2D eigenvalue weighted by Gasteiger charge is -2.55. The highest BCUT2D eigenvalue weighted by molar-refractivity contribution is 7.11. The summed E-state index contributed by atoms with van der Waals surface area (Å²) in [4.78, 5) is 58.4. The van der Waals surface area contributed by atoms with Crippen LogP contribution >= 0.6 is 11.5 Å². The van der Waals surface area contributed by atoms with Crippen molar-refractivity contribution < 1.29 is 23.8 Å². The second-order valence-electron chi connectivity index (χ2n) is 16.8. The molecule has 3 heterocycles. The van der Waals surface area contributed by atoms with Gasteiger partial charge in [-0.1, -0.05) is 33.0 Å². The zero-order valence-corrected chi connectivity index (χ0v) is 34.4. The summed E-state index contributed by atoms with van der Waals surface area (Å²) in [5.41, 5.74) is -0.201. The molecule has 2 aliphatic carbocycles. The molecule has 3 fully saturated rings. The van der Waals surface area contributed by atoms with Crippen LogP contribution in [0.3, 0.4) is 0 Å². The van der Waals surface area contributed by atoms with Crippen LogP contribution in [0.15, 0.2) is 27.8 Å². The number of hydrogen-bond donors (Lipinski definition) is 1. The summed E-state index contributed by atoms with van der Waals surface area (Å²) in [7, 11) is 1.92. The first-order chi connectivity index (χ1) is 25.1. The molecule has 53 heavy (non-hydrogen) atoms. The molecule has 3 amide bonds. The van der Waals surface area contributed by atoms with Crippen molar-refractivity contribution in [2.24, 2.45) is 5.41 Å². The monoisotopic (exact) mass is 768 g/mol. The fourth-order valence-electron chi connectivity index (χ4n) is 8.37. The molecule has 1 aromatic carbocycles. The van der Waals surface area contributed by atoms with Gasteiger partial charge in [-0.25, -0.2) is 14.5 Å². The van der Waals surface area contributed by atoms with Crippen LogP contribution in [0.4, 0.5) is 9.80 Å². The van der Waals surface area contributed by atoms with Crippen molar-refractivity contribution in [1.82, 2.24) is 23.3 Å². The Hall–Kier alpha value is -3.69. The van der Waals surface area contributed by atoms with E-state index in [4.69, 9.17) is 14.2 Å². The minimum atomic E-state index is -1.29. The smallest absolute Gasteiger partial charge is 0.332 e. The number of aromatic nitrogens is 3. The molecule has 1 saturated heterocycles. The quantitative estimate of drug-likeness (QED) is 0.102. The van der Waals surface area contributed by atoms with Crippen molar-refractivity contribution in [1.29, 1.82) is 0 Å². The van der Waals surface area contributed by atoms with E-state index in [0.717, 1.165) is 50.1 Å². The number of hydrogen-bond acceptors (Lipinski definition) is 10. The zero-order valence-electron chi connectivity index (χ0n) is 32.6. The number of carbonyl (C=O) groups is 2. The van der Waals surface area contributed by atoms with Crippen LogP contribution < -0.4 is 26.0 Å². The molecule has 2 aromatic heterocycles. The Morgan fingerprint density at radius 1 is 1.02 bits per heavy atom. The molecule has 0 bridgehead atoms. The predicted octanol–water partition coefficient (Wildman–Crippen LogP) is 6.67. The fraction of sp³-hybridized carbons (Fsp3) is 0.658. The average molecular weight is 769 g/mol. The summed E-state index contributed by atoms with van der Waals surface area (Å²) >= 11 is 1.19. The number of anilines is 1. The summed E-state index contributed by atoms with van der Waals surface area (Å²) in [6.07, 6.45) is 6.38. The van der Waals surface area contributed by atoms with Gasteiger partial charge >= 0.3 is 11.7 Å². The van der Waals surface area contributed by atoms with Crippen LogP contribution in [0.25, 0.3) is 11.0 Å². The van der Waals surface area contributed by atoms with E-state index in [0.29, 0.717) is 60.1 Å². The number of methoxy groups -OCH3 is 2. The highest BCUT2D eigenvalue weighted by Gasteiger charge is 2.59. The Bertz CT molecular complexity index is 1950. The lowest BCUT2D eigenvalue weighted by Crippen LogP contribution is -2.59. The number of ether oxygens (including phenoxy) is 3. The summed E-state index contributed by atoms with van der Waals surface area (Å²) < 4.78 is 24.5. The molecule has 13 nitrogen and oxygen atoms in total. The van der Waals surface area contributed by atoms with Gasteiger partial charge in [0.15, 0.2) is 5.65 Å². The lowest BCUT2D eigenvalue weighted by molar-refractivity contribution is -0.136. The fourth-order valence-corrected chi connectivity index (χ4v) is 9.91. The Morgan fingerprint density at radius 3 is 2.38 bits per heavy atom.